The van der Waals surface area contributed by atoms with E-state index in [1.54, 1.807) is 0 Å². The number of hydrogen-bond donors (Lipinski definition) is 2. The Hall–Kier alpha value is -1.56. The Morgan fingerprint density at radius 2 is 2.07 bits per heavy atom. The molecule has 0 aliphatic rings. The van der Waals surface area contributed by atoms with E-state index in [2.05, 4.69) is 9.97 Å². The van der Waals surface area contributed by atoms with Crippen molar-refractivity contribution in [2.45, 2.75) is 12.8 Å². The second kappa shape index (κ2) is 3.23. The SMILES string of the molecule is OCc1nc2c(C(F)(F)F)cccc2[nH]1. The number of H-pyrrole nitrogens is 1. The molecule has 2 N–H and O–H groups in total. The number of fused-ring (bicyclic) bond motifs is 1. The van der Waals surface area contributed by atoms with E-state index in [-0.39, 0.29) is 16.9 Å². The molecular formula is C9H7F3N2O. The van der Waals surface area contributed by atoms with E-state index in [4.69, 9.17) is 5.11 Å². The Bertz CT molecular complexity index is 490. The normalized spacial score (nSPS) is 12.3. The number of imidazole rings is 1. The predicted octanol–water partition coefficient (Wildman–Crippen LogP) is 2.07. The molecule has 1 heterocycles. The van der Waals surface area contributed by atoms with E-state index in [9.17, 15) is 13.2 Å². The van der Waals surface area contributed by atoms with Gasteiger partial charge in [0.2, 0.25) is 0 Å². The molecule has 0 unspecified atom stereocenters. The maximum Gasteiger partial charge on any atom is 0.418 e. The fourth-order valence-electron chi connectivity index (χ4n) is 1.39. The second-order valence-electron chi connectivity index (χ2n) is 3.04. The van der Waals surface area contributed by atoms with Crippen LogP contribution in [0.15, 0.2) is 18.2 Å². The van der Waals surface area contributed by atoms with Gasteiger partial charge in [-0.05, 0) is 12.1 Å². The number of alkyl halides is 3. The third kappa shape index (κ3) is 1.68. The highest BCUT2D eigenvalue weighted by atomic mass is 19.4. The second-order valence-corrected chi connectivity index (χ2v) is 3.04. The third-order valence-electron chi connectivity index (χ3n) is 2.02. The summed E-state index contributed by atoms with van der Waals surface area (Å²) in [6.07, 6.45) is -4.43. The minimum Gasteiger partial charge on any atom is -0.388 e. The van der Waals surface area contributed by atoms with Crippen molar-refractivity contribution in [3.63, 3.8) is 0 Å². The largest absolute Gasteiger partial charge is 0.418 e. The molecule has 0 spiro atoms. The molecule has 1 aromatic carbocycles. The Labute approximate surface area is 82.6 Å². The summed E-state index contributed by atoms with van der Waals surface area (Å²) in [4.78, 5) is 6.27. The zero-order chi connectivity index (χ0) is 11.1. The summed E-state index contributed by atoms with van der Waals surface area (Å²) in [6, 6.07) is 3.74. The number of halogens is 3. The van der Waals surface area contributed by atoms with E-state index in [0.29, 0.717) is 0 Å². The number of aromatic amines is 1. The smallest absolute Gasteiger partial charge is 0.388 e. The highest BCUT2D eigenvalue weighted by Gasteiger charge is 2.33. The number of benzene rings is 1. The minimum atomic E-state index is -4.43. The van der Waals surface area contributed by atoms with Crippen LogP contribution in [0.1, 0.15) is 11.4 Å². The van der Waals surface area contributed by atoms with E-state index in [1.165, 1.54) is 12.1 Å². The molecule has 2 rings (SSSR count). The van der Waals surface area contributed by atoms with Gasteiger partial charge in [-0.15, -0.1) is 0 Å². The van der Waals surface area contributed by atoms with Gasteiger partial charge in [0, 0.05) is 0 Å². The summed E-state index contributed by atoms with van der Waals surface area (Å²) in [6.45, 7) is -0.411. The van der Waals surface area contributed by atoms with Crippen molar-refractivity contribution >= 4 is 11.0 Å². The minimum absolute atomic E-state index is 0.127. The fraction of sp³-hybridized carbons (Fsp3) is 0.222. The first-order valence-electron chi connectivity index (χ1n) is 4.18. The number of para-hydroxylation sites is 1. The number of hydrogen-bond acceptors (Lipinski definition) is 2. The van der Waals surface area contributed by atoms with E-state index in [0.717, 1.165) is 6.07 Å². The Morgan fingerprint density at radius 1 is 1.33 bits per heavy atom. The van der Waals surface area contributed by atoms with E-state index < -0.39 is 18.3 Å². The average molecular weight is 216 g/mol. The lowest BCUT2D eigenvalue weighted by Crippen LogP contribution is -2.05. The van der Waals surface area contributed by atoms with Gasteiger partial charge in [0.1, 0.15) is 17.9 Å². The molecular weight excluding hydrogens is 209 g/mol. The summed E-state index contributed by atoms with van der Waals surface area (Å²) in [5.41, 5.74) is -0.682. The highest BCUT2D eigenvalue weighted by molar-refractivity contribution is 5.79. The number of rotatable bonds is 1. The van der Waals surface area contributed by atoms with Gasteiger partial charge < -0.3 is 10.1 Å². The van der Waals surface area contributed by atoms with E-state index >= 15 is 0 Å². The van der Waals surface area contributed by atoms with Crippen molar-refractivity contribution < 1.29 is 18.3 Å². The first-order chi connectivity index (χ1) is 7.02. The molecule has 0 radical (unpaired) electrons. The lowest BCUT2D eigenvalue weighted by atomic mass is 10.2. The molecule has 1 aromatic heterocycles. The molecule has 15 heavy (non-hydrogen) atoms. The Kier molecular flexibility index (Phi) is 2.15. The Balaban J connectivity index is 2.70. The monoisotopic (exact) mass is 216 g/mol. The van der Waals surface area contributed by atoms with Crippen LogP contribution in [0.25, 0.3) is 11.0 Å². The first kappa shape index (κ1) is 9.97. The topological polar surface area (TPSA) is 48.9 Å². The standard InChI is InChI=1S/C9H7F3N2O/c10-9(11,12)5-2-1-3-6-8(5)14-7(4-15)13-6/h1-3,15H,4H2,(H,13,14). The fourth-order valence-corrected chi connectivity index (χ4v) is 1.39. The van der Waals surface area contributed by atoms with Crippen LogP contribution in [0.2, 0.25) is 0 Å². The number of aromatic nitrogens is 2. The van der Waals surface area contributed by atoms with Crippen molar-refractivity contribution in [3.8, 4) is 0 Å². The molecule has 2 aromatic rings. The van der Waals surface area contributed by atoms with Gasteiger partial charge in [-0.3, -0.25) is 0 Å². The molecule has 0 bridgehead atoms. The molecule has 0 saturated heterocycles. The van der Waals surface area contributed by atoms with Gasteiger partial charge >= 0.3 is 6.18 Å². The van der Waals surface area contributed by atoms with Gasteiger partial charge in [-0.1, -0.05) is 6.07 Å². The van der Waals surface area contributed by atoms with Crippen molar-refractivity contribution in [3.05, 3.63) is 29.6 Å². The van der Waals surface area contributed by atoms with Crippen molar-refractivity contribution in [1.82, 2.24) is 9.97 Å². The van der Waals surface area contributed by atoms with Crippen LogP contribution in [-0.4, -0.2) is 15.1 Å². The number of aliphatic hydroxyl groups is 1. The van der Waals surface area contributed by atoms with Gasteiger partial charge in [-0.25, -0.2) is 4.98 Å². The van der Waals surface area contributed by atoms with Crippen LogP contribution in [0.5, 0.6) is 0 Å². The zero-order valence-corrected chi connectivity index (χ0v) is 7.47. The first-order valence-corrected chi connectivity index (χ1v) is 4.18. The molecule has 0 amide bonds. The summed E-state index contributed by atoms with van der Waals surface area (Å²) in [7, 11) is 0. The van der Waals surface area contributed by atoms with Crippen LogP contribution in [0.3, 0.4) is 0 Å². The molecule has 0 aliphatic carbocycles. The van der Waals surface area contributed by atoms with Crippen molar-refractivity contribution in [1.29, 1.82) is 0 Å². The summed E-state index contributed by atoms with van der Waals surface area (Å²) in [5.74, 6) is 0.127. The number of aliphatic hydroxyl groups excluding tert-OH is 1. The molecule has 0 saturated carbocycles. The van der Waals surface area contributed by atoms with Gasteiger partial charge in [0.15, 0.2) is 0 Å². The molecule has 3 nitrogen and oxygen atoms in total. The van der Waals surface area contributed by atoms with Gasteiger partial charge in [-0.2, -0.15) is 13.2 Å². The van der Waals surface area contributed by atoms with Crippen molar-refractivity contribution in [2.24, 2.45) is 0 Å². The maximum absolute atomic E-state index is 12.5. The summed E-state index contributed by atoms with van der Waals surface area (Å²) >= 11 is 0. The quantitative estimate of drug-likeness (QED) is 0.766. The van der Waals surface area contributed by atoms with Gasteiger partial charge in [0.05, 0.1) is 11.1 Å². The van der Waals surface area contributed by atoms with Crippen LogP contribution < -0.4 is 0 Å². The van der Waals surface area contributed by atoms with Gasteiger partial charge in [0.25, 0.3) is 0 Å². The molecule has 6 heteroatoms. The van der Waals surface area contributed by atoms with Crippen LogP contribution in [0.4, 0.5) is 13.2 Å². The molecule has 0 aliphatic heterocycles. The lowest BCUT2D eigenvalue weighted by Gasteiger charge is -2.05. The van der Waals surface area contributed by atoms with Crippen LogP contribution >= 0.6 is 0 Å². The third-order valence-corrected chi connectivity index (χ3v) is 2.02. The number of nitrogens with one attached hydrogen (secondary N) is 1. The van der Waals surface area contributed by atoms with Crippen LogP contribution in [0, 0.1) is 0 Å². The Morgan fingerprint density at radius 3 is 2.67 bits per heavy atom. The molecule has 0 atom stereocenters. The lowest BCUT2D eigenvalue weighted by molar-refractivity contribution is -0.136. The number of nitrogens with zero attached hydrogens (tertiary/aromatic N) is 1. The molecule has 80 valence electrons. The summed E-state index contributed by atoms with van der Waals surface area (Å²) in [5, 5.41) is 8.76. The average Bonchev–Trinajstić information content (AvgIpc) is 2.57. The summed E-state index contributed by atoms with van der Waals surface area (Å²) < 4.78 is 37.5. The zero-order valence-electron chi connectivity index (χ0n) is 7.47. The van der Waals surface area contributed by atoms with E-state index in [1.807, 2.05) is 0 Å². The van der Waals surface area contributed by atoms with Crippen molar-refractivity contribution in [2.75, 3.05) is 0 Å². The maximum atomic E-state index is 12.5. The highest BCUT2D eigenvalue weighted by Crippen LogP contribution is 2.33. The predicted molar refractivity (Wildman–Crippen MR) is 47.0 cm³/mol. The van der Waals surface area contributed by atoms with Crippen LogP contribution in [-0.2, 0) is 12.8 Å². The molecule has 0 fully saturated rings.